The van der Waals surface area contributed by atoms with Crippen LogP contribution in [0.1, 0.15) is 61.2 Å². The minimum absolute atomic E-state index is 0. The van der Waals surface area contributed by atoms with Gasteiger partial charge < -0.3 is 29.9 Å². The van der Waals surface area contributed by atoms with Gasteiger partial charge in [0.05, 0.1) is 5.56 Å². The maximum absolute atomic E-state index is 13.1. The Morgan fingerprint density at radius 3 is 0.982 bits per heavy atom. The van der Waals surface area contributed by atoms with E-state index in [0.29, 0.717) is 11.3 Å². The van der Waals surface area contributed by atoms with E-state index in [1.807, 2.05) is 134 Å². The van der Waals surface area contributed by atoms with Crippen molar-refractivity contribution in [1.82, 2.24) is 29.9 Å². The fourth-order valence-corrected chi connectivity index (χ4v) is 12.6. The number of pyridine rings is 6. The molecular formula is C101H83F3Ir4N6-6. The van der Waals surface area contributed by atoms with Crippen molar-refractivity contribution < 1.29 is 93.6 Å². The molecule has 0 spiro atoms. The van der Waals surface area contributed by atoms with Crippen molar-refractivity contribution in [2.24, 2.45) is 0 Å². The van der Waals surface area contributed by atoms with Crippen molar-refractivity contribution in [3.05, 3.63) is 420 Å². The molecule has 114 heavy (non-hydrogen) atoms. The summed E-state index contributed by atoms with van der Waals surface area (Å²) in [7, 11) is 0. The first-order chi connectivity index (χ1) is 53.3. The fraction of sp³-hybridized carbons (Fsp3) is 0.109. The van der Waals surface area contributed by atoms with Crippen LogP contribution in [0.15, 0.2) is 322 Å². The Kier molecular flexibility index (Phi) is 35.6. The molecule has 16 aromatic rings. The first kappa shape index (κ1) is 90.7. The van der Waals surface area contributed by atoms with Crippen LogP contribution in [0, 0.1) is 106 Å². The summed E-state index contributed by atoms with van der Waals surface area (Å²) in [5.41, 5.74) is 30.8. The normalized spacial score (nSPS) is 10.2. The van der Waals surface area contributed by atoms with Gasteiger partial charge in [0.25, 0.3) is 0 Å². The largest absolute Gasteiger partial charge is 0.417 e. The molecule has 0 fully saturated rings. The minimum Gasteiger partial charge on any atom is -0.305 e. The second-order valence-electron chi connectivity index (χ2n) is 26.7. The third-order valence-corrected chi connectivity index (χ3v) is 17.8. The third-order valence-electron chi connectivity index (χ3n) is 17.8. The third kappa shape index (κ3) is 26.0. The molecule has 6 heterocycles. The summed E-state index contributed by atoms with van der Waals surface area (Å²) in [5.74, 6) is 0. The Morgan fingerprint density at radius 2 is 0.614 bits per heavy atom. The van der Waals surface area contributed by atoms with Gasteiger partial charge in [0.15, 0.2) is 0 Å². The van der Waals surface area contributed by atoms with Crippen molar-refractivity contribution in [3.63, 3.8) is 0 Å². The molecule has 6 aromatic heterocycles. The molecule has 0 aliphatic carbocycles. The van der Waals surface area contributed by atoms with Crippen LogP contribution in [-0.4, -0.2) is 29.9 Å². The van der Waals surface area contributed by atoms with Crippen LogP contribution in [0.3, 0.4) is 0 Å². The number of nitrogens with zero attached hydrogens (tertiary/aromatic N) is 6. The first-order valence-electron chi connectivity index (χ1n) is 36.3. The number of aryl methyl sites for hydroxylation is 10. The summed E-state index contributed by atoms with van der Waals surface area (Å²) in [6.07, 6.45) is 6.61. The van der Waals surface area contributed by atoms with E-state index in [2.05, 4.69) is 269 Å². The Hall–Kier alpha value is -10.5. The molecule has 580 valence electrons. The van der Waals surface area contributed by atoms with Gasteiger partial charge in [-0.3, -0.25) is 0 Å². The molecule has 4 radical (unpaired) electrons. The smallest absolute Gasteiger partial charge is 0.305 e. The molecule has 0 bridgehead atoms. The van der Waals surface area contributed by atoms with Crippen LogP contribution < -0.4 is 0 Å². The molecule has 0 N–H and O–H groups in total. The molecule has 0 aliphatic heterocycles. The van der Waals surface area contributed by atoms with Gasteiger partial charge in [0.1, 0.15) is 0 Å². The van der Waals surface area contributed by atoms with Crippen LogP contribution >= 0.6 is 0 Å². The van der Waals surface area contributed by atoms with E-state index in [-0.39, 0.29) is 86.0 Å². The fourth-order valence-electron chi connectivity index (χ4n) is 12.6. The summed E-state index contributed by atoms with van der Waals surface area (Å²) in [6.45, 7) is 21.0. The zero-order valence-corrected chi connectivity index (χ0v) is 74.3. The monoisotopic (exact) mass is 2210 g/mol. The number of hydrogen-bond donors (Lipinski definition) is 0. The molecular weight excluding hydrogens is 2120 g/mol. The van der Waals surface area contributed by atoms with E-state index in [0.717, 1.165) is 84.6 Å². The van der Waals surface area contributed by atoms with Crippen LogP contribution in [0.25, 0.3) is 112 Å². The average Bonchev–Trinajstić information content (AvgIpc) is 0.832. The molecule has 0 saturated carbocycles. The van der Waals surface area contributed by atoms with Crippen LogP contribution in [-0.2, 0) is 86.6 Å². The molecule has 0 amide bonds. The van der Waals surface area contributed by atoms with Gasteiger partial charge >= 0.3 is 6.18 Å². The zero-order valence-electron chi connectivity index (χ0n) is 64.8. The Bertz CT molecular complexity index is 5230. The second-order valence-corrected chi connectivity index (χ2v) is 26.7. The molecule has 13 heteroatoms. The van der Waals surface area contributed by atoms with Gasteiger partial charge in [0, 0.05) is 134 Å². The molecule has 10 aromatic carbocycles. The van der Waals surface area contributed by atoms with Gasteiger partial charge in [-0.15, -0.1) is 212 Å². The predicted octanol–water partition coefficient (Wildman–Crippen LogP) is 26.1. The number of halogens is 3. The van der Waals surface area contributed by atoms with Crippen LogP contribution in [0.4, 0.5) is 13.2 Å². The predicted molar refractivity (Wildman–Crippen MR) is 445 cm³/mol. The van der Waals surface area contributed by atoms with Crippen LogP contribution in [0.2, 0.25) is 0 Å². The maximum Gasteiger partial charge on any atom is 0.417 e. The molecule has 0 aliphatic rings. The summed E-state index contributed by atoms with van der Waals surface area (Å²) in [5, 5.41) is 0. The van der Waals surface area contributed by atoms with Crippen molar-refractivity contribution in [2.75, 3.05) is 0 Å². The van der Waals surface area contributed by atoms with Gasteiger partial charge in [-0.1, -0.05) is 199 Å². The summed E-state index contributed by atoms with van der Waals surface area (Å²) in [6, 6.07) is 111. The van der Waals surface area contributed by atoms with Gasteiger partial charge in [-0.05, 0) is 131 Å². The summed E-state index contributed by atoms with van der Waals surface area (Å²) in [4.78, 5) is 26.7. The van der Waals surface area contributed by atoms with Crippen molar-refractivity contribution in [3.8, 4) is 112 Å². The van der Waals surface area contributed by atoms with Crippen molar-refractivity contribution in [1.29, 1.82) is 0 Å². The van der Waals surface area contributed by atoms with Crippen molar-refractivity contribution >= 4 is 0 Å². The molecule has 0 unspecified atom stereocenters. The zero-order chi connectivity index (χ0) is 77.4. The quantitative estimate of drug-likeness (QED) is 0.127. The van der Waals surface area contributed by atoms with E-state index in [1.165, 1.54) is 90.7 Å². The summed E-state index contributed by atoms with van der Waals surface area (Å²) < 4.78 is 39.4. The second kappa shape index (κ2) is 44.8. The maximum atomic E-state index is 13.1. The standard InChI is InChI=1S/3C20H18N.C18H11F3N.C12H10N.C11H8N.4Ir/c3*1-14-9-15(2)11-18(10-14)20-12-16(3)19(13-21-20)17-7-5-4-6-8-17;19-18(20,21)16-9-5-4-8-15(16)14-10-11-22-17(12-14)13-6-2-1-3-7-13;1-10-6-5-9-13-12(10)11-7-3-2-4-8-11;1-2-6-10(7-3-1)11-8-4-5-9-12-11;;;;/h3*4-10,12-13H,1-3H3;1-6,8-12H;2-7,9H,1H3;1-6,8-9H;;;;/q6*-1;;;;. The van der Waals surface area contributed by atoms with Gasteiger partial charge in [-0.2, -0.15) is 13.2 Å². The molecule has 0 saturated heterocycles. The number of alkyl halides is 3. The number of benzene rings is 10. The average molecular weight is 2210 g/mol. The van der Waals surface area contributed by atoms with Gasteiger partial charge in [-0.25, -0.2) is 0 Å². The Morgan fingerprint density at radius 1 is 0.254 bits per heavy atom. The van der Waals surface area contributed by atoms with E-state index < -0.39 is 11.7 Å². The SMILES string of the molecule is Cc1[c-]c(-c2cc(C)c(-c3ccccc3)cn2)cc(C)c1.Cc1[c-]c(-c2cc(C)c(-c3ccccc3)cn2)cc(C)c1.Cc1[c-]c(-c2cc(C)c(-c3ccccc3)cn2)cc(C)c1.Cc1cccnc1-c1[c-]cccc1.FC(F)(F)c1ccccc1-c1ccnc(-c2[c-]cccc2)c1.[Ir].[Ir].[Ir].[Ir].[c-]1ccccc1-c1ccccn1. The summed E-state index contributed by atoms with van der Waals surface area (Å²) >= 11 is 0. The molecule has 6 nitrogen and oxygen atoms in total. The van der Waals surface area contributed by atoms with E-state index in [9.17, 15) is 13.2 Å². The number of aromatic nitrogens is 6. The van der Waals surface area contributed by atoms with Crippen molar-refractivity contribution in [2.45, 2.75) is 75.4 Å². The minimum atomic E-state index is -4.39. The Balaban J connectivity index is 0.000000190. The number of rotatable bonds is 10. The molecule has 16 rings (SSSR count). The van der Waals surface area contributed by atoms with Crippen LogP contribution in [0.5, 0.6) is 0 Å². The topological polar surface area (TPSA) is 77.3 Å². The van der Waals surface area contributed by atoms with E-state index >= 15 is 0 Å². The van der Waals surface area contributed by atoms with E-state index in [1.54, 1.807) is 30.5 Å². The Labute approximate surface area is 724 Å². The van der Waals surface area contributed by atoms with Gasteiger partial charge in [0.2, 0.25) is 0 Å². The number of hydrogen-bond acceptors (Lipinski definition) is 6. The first-order valence-corrected chi connectivity index (χ1v) is 36.3. The van der Waals surface area contributed by atoms with E-state index in [4.69, 9.17) is 0 Å². The molecule has 0 atom stereocenters.